The zero-order valence-corrected chi connectivity index (χ0v) is 13.5. The summed E-state index contributed by atoms with van der Waals surface area (Å²) in [5, 5.41) is 0. The van der Waals surface area contributed by atoms with Crippen molar-refractivity contribution in [2.24, 2.45) is 11.8 Å². The van der Waals surface area contributed by atoms with Gasteiger partial charge in [0.2, 0.25) is 0 Å². The quantitative estimate of drug-likeness (QED) is 0.467. The van der Waals surface area contributed by atoms with Gasteiger partial charge in [-0.2, -0.15) is 0 Å². The average Bonchev–Trinajstić information content (AvgIpc) is 2.50. The minimum Gasteiger partial charge on any atom is -0.462 e. The van der Waals surface area contributed by atoms with E-state index in [1.54, 1.807) is 6.08 Å². The van der Waals surface area contributed by atoms with Crippen molar-refractivity contribution < 1.29 is 9.53 Å². The summed E-state index contributed by atoms with van der Waals surface area (Å²) in [7, 11) is 0. The van der Waals surface area contributed by atoms with Gasteiger partial charge in [-0.05, 0) is 29.9 Å². The zero-order chi connectivity index (χ0) is 15.5. The van der Waals surface area contributed by atoms with Crippen LogP contribution in [0, 0.1) is 11.8 Å². The number of benzene rings is 1. The van der Waals surface area contributed by atoms with Crippen molar-refractivity contribution in [3.8, 4) is 0 Å². The normalized spacial score (nSPS) is 14.0. The van der Waals surface area contributed by atoms with Crippen molar-refractivity contribution in [1.29, 1.82) is 0 Å². The molecule has 1 aromatic carbocycles. The van der Waals surface area contributed by atoms with Gasteiger partial charge in [0.15, 0.2) is 0 Å². The number of carbonyl (C=O) groups is 1. The molecule has 0 aliphatic carbocycles. The Labute approximate surface area is 129 Å². The van der Waals surface area contributed by atoms with Crippen LogP contribution in [-0.2, 0) is 9.53 Å². The first-order valence-corrected chi connectivity index (χ1v) is 8.01. The standard InChI is InChI=1S/C19H28O2/c1-4-5-9-16(2)14-17(3)15-21-19(20)13-12-18-10-7-6-8-11-18/h6-8,10-13,16-17H,4-5,9,14-15H2,1-3H3/b13-12+. The van der Waals surface area contributed by atoms with Crippen LogP contribution in [0.3, 0.4) is 0 Å². The zero-order valence-electron chi connectivity index (χ0n) is 13.5. The Morgan fingerprint density at radius 1 is 1.19 bits per heavy atom. The first-order chi connectivity index (χ1) is 10.1. The topological polar surface area (TPSA) is 26.3 Å². The smallest absolute Gasteiger partial charge is 0.330 e. The Kier molecular flexibility index (Phi) is 8.49. The fourth-order valence-electron chi connectivity index (χ4n) is 2.43. The largest absolute Gasteiger partial charge is 0.462 e. The first-order valence-electron chi connectivity index (χ1n) is 8.01. The van der Waals surface area contributed by atoms with Crippen LogP contribution in [0.2, 0.25) is 0 Å². The second-order valence-electron chi connectivity index (χ2n) is 5.96. The molecular weight excluding hydrogens is 260 g/mol. The van der Waals surface area contributed by atoms with Crippen LogP contribution in [0.25, 0.3) is 6.08 Å². The van der Waals surface area contributed by atoms with E-state index in [1.165, 1.54) is 25.3 Å². The van der Waals surface area contributed by atoms with Crippen molar-refractivity contribution in [2.75, 3.05) is 6.61 Å². The molecule has 0 spiro atoms. The van der Waals surface area contributed by atoms with Gasteiger partial charge in [-0.15, -0.1) is 0 Å². The van der Waals surface area contributed by atoms with Gasteiger partial charge >= 0.3 is 5.97 Å². The summed E-state index contributed by atoms with van der Waals surface area (Å²) in [5.74, 6) is 0.872. The number of carbonyl (C=O) groups excluding carboxylic acids is 1. The van der Waals surface area contributed by atoms with Gasteiger partial charge in [0.05, 0.1) is 6.61 Å². The number of hydrogen-bond acceptors (Lipinski definition) is 2. The van der Waals surface area contributed by atoms with Gasteiger partial charge < -0.3 is 4.74 Å². The highest BCUT2D eigenvalue weighted by Gasteiger charge is 2.10. The average molecular weight is 288 g/mol. The fourth-order valence-corrected chi connectivity index (χ4v) is 2.43. The van der Waals surface area contributed by atoms with E-state index in [0.29, 0.717) is 18.4 Å². The van der Waals surface area contributed by atoms with Crippen molar-refractivity contribution in [2.45, 2.75) is 46.5 Å². The van der Waals surface area contributed by atoms with Gasteiger partial charge in [0.1, 0.15) is 0 Å². The number of esters is 1. The van der Waals surface area contributed by atoms with Crippen LogP contribution in [0.15, 0.2) is 36.4 Å². The molecule has 21 heavy (non-hydrogen) atoms. The molecule has 0 saturated heterocycles. The highest BCUT2D eigenvalue weighted by atomic mass is 16.5. The van der Waals surface area contributed by atoms with Crippen LogP contribution in [0.1, 0.15) is 52.0 Å². The van der Waals surface area contributed by atoms with E-state index >= 15 is 0 Å². The van der Waals surface area contributed by atoms with Crippen molar-refractivity contribution in [3.05, 3.63) is 42.0 Å². The van der Waals surface area contributed by atoms with Crippen LogP contribution in [0.4, 0.5) is 0 Å². The van der Waals surface area contributed by atoms with Gasteiger partial charge in [-0.25, -0.2) is 4.79 Å². The van der Waals surface area contributed by atoms with E-state index in [4.69, 9.17) is 4.74 Å². The molecule has 0 fully saturated rings. The molecule has 2 heteroatoms. The maximum absolute atomic E-state index is 11.7. The monoisotopic (exact) mass is 288 g/mol. The summed E-state index contributed by atoms with van der Waals surface area (Å²) in [6, 6.07) is 9.77. The SMILES string of the molecule is CCCCC(C)CC(C)COC(=O)/C=C/c1ccccc1. The third kappa shape index (κ3) is 8.34. The lowest BCUT2D eigenvalue weighted by Gasteiger charge is -2.16. The maximum atomic E-state index is 11.7. The number of hydrogen-bond donors (Lipinski definition) is 0. The Balaban J connectivity index is 2.24. The highest BCUT2D eigenvalue weighted by Crippen LogP contribution is 2.18. The molecule has 0 N–H and O–H groups in total. The van der Waals surface area contributed by atoms with Gasteiger partial charge in [-0.3, -0.25) is 0 Å². The Morgan fingerprint density at radius 3 is 2.57 bits per heavy atom. The van der Waals surface area contributed by atoms with Crippen LogP contribution in [0.5, 0.6) is 0 Å². The highest BCUT2D eigenvalue weighted by molar-refractivity contribution is 5.87. The van der Waals surface area contributed by atoms with Crippen molar-refractivity contribution in [3.63, 3.8) is 0 Å². The summed E-state index contributed by atoms with van der Waals surface area (Å²) in [6.45, 7) is 7.16. The van der Waals surface area contributed by atoms with E-state index in [2.05, 4.69) is 20.8 Å². The molecule has 0 saturated carbocycles. The first kappa shape index (κ1) is 17.5. The minimum atomic E-state index is -0.257. The molecule has 1 aromatic rings. The second-order valence-corrected chi connectivity index (χ2v) is 5.96. The lowest BCUT2D eigenvalue weighted by atomic mass is 9.93. The molecule has 1 rings (SSSR count). The summed E-state index contributed by atoms with van der Waals surface area (Å²) < 4.78 is 5.31. The molecule has 2 unspecified atom stereocenters. The molecule has 0 amide bonds. The summed E-state index contributed by atoms with van der Waals surface area (Å²) in [4.78, 5) is 11.7. The predicted octanol–water partition coefficient (Wildman–Crippen LogP) is 5.10. The third-order valence-corrected chi connectivity index (χ3v) is 3.58. The van der Waals surface area contributed by atoms with Crippen LogP contribution in [-0.4, -0.2) is 12.6 Å². The van der Waals surface area contributed by atoms with Crippen LogP contribution < -0.4 is 0 Å². The molecule has 0 aliphatic rings. The van der Waals surface area contributed by atoms with E-state index < -0.39 is 0 Å². The van der Waals surface area contributed by atoms with E-state index in [0.717, 1.165) is 12.0 Å². The molecule has 0 radical (unpaired) electrons. The molecular formula is C19H28O2. The van der Waals surface area contributed by atoms with Gasteiger partial charge in [0, 0.05) is 6.08 Å². The summed E-state index contributed by atoms with van der Waals surface area (Å²) in [6.07, 6.45) is 8.21. The number of unbranched alkanes of at least 4 members (excludes halogenated alkanes) is 1. The molecule has 0 bridgehead atoms. The lowest BCUT2D eigenvalue weighted by Crippen LogP contribution is -2.13. The molecule has 2 nitrogen and oxygen atoms in total. The molecule has 0 aromatic heterocycles. The minimum absolute atomic E-state index is 0.257. The molecule has 116 valence electrons. The fraction of sp³-hybridized carbons (Fsp3) is 0.526. The van der Waals surface area contributed by atoms with E-state index in [1.807, 2.05) is 30.3 Å². The second kappa shape index (κ2) is 10.2. The summed E-state index contributed by atoms with van der Waals surface area (Å²) in [5.41, 5.74) is 1.01. The molecule has 2 atom stereocenters. The van der Waals surface area contributed by atoms with Gasteiger partial charge in [-0.1, -0.05) is 70.4 Å². The van der Waals surface area contributed by atoms with Crippen LogP contribution >= 0.6 is 0 Å². The summed E-state index contributed by atoms with van der Waals surface area (Å²) >= 11 is 0. The number of ether oxygens (including phenoxy) is 1. The molecule has 0 heterocycles. The van der Waals surface area contributed by atoms with E-state index in [-0.39, 0.29) is 5.97 Å². The Hall–Kier alpha value is -1.57. The van der Waals surface area contributed by atoms with Crippen molar-refractivity contribution >= 4 is 12.0 Å². The maximum Gasteiger partial charge on any atom is 0.330 e. The number of rotatable bonds is 9. The Bertz CT molecular complexity index is 422. The van der Waals surface area contributed by atoms with Gasteiger partial charge in [0.25, 0.3) is 0 Å². The molecule has 0 aliphatic heterocycles. The van der Waals surface area contributed by atoms with Crippen molar-refractivity contribution in [1.82, 2.24) is 0 Å². The third-order valence-electron chi connectivity index (χ3n) is 3.58. The predicted molar refractivity (Wildman–Crippen MR) is 88.9 cm³/mol. The van der Waals surface area contributed by atoms with E-state index in [9.17, 15) is 4.79 Å². The lowest BCUT2D eigenvalue weighted by molar-refractivity contribution is -0.139. The Morgan fingerprint density at radius 2 is 1.90 bits per heavy atom.